The number of hydrogen-bond acceptors (Lipinski definition) is 5. The van der Waals surface area contributed by atoms with E-state index in [-0.39, 0.29) is 10.6 Å². The van der Waals surface area contributed by atoms with E-state index < -0.39 is 17.2 Å². The van der Waals surface area contributed by atoms with Crippen molar-refractivity contribution in [1.29, 1.82) is 0 Å². The molecule has 37 heavy (non-hydrogen) atoms. The summed E-state index contributed by atoms with van der Waals surface area (Å²) in [6.45, 7) is 2.43. The minimum absolute atomic E-state index is 0.190. The van der Waals surface area contributed by atoms with Crippen molar-refractivity contribution in [3.63, 3.8) is 0 Å². The minimum atomic E-state index is -0.705. The SMILES string of the molecule is CCc1nc(-c2cccc(-c3cccc(NC(=O)c4cn(C)c(=O)n(C)c4=O)c3Cl)c2Cl)ccc1CN. The molecule has 2 heterocycles. The first-order valence-electron chi connectivity index (χ1n) is 11.5. The van der Waals surface area contributed by atoms with E-state index in [1.54, 1.807) is 18.2 Å². The molecule has 0 spiro atoms. The first kappa shape index (κ1) is 26.3. The van der Waals surface area contributed by atoms with Crippen molar-refractivity contribution in [2.75, 3.05) is 5.32 Å². The molecule has 0 saturated heterocycles. The largest absolute Gasteiger partial charge is 0.330 e. The van der Waals surface area contributed by atoms with Crippen LogP contribution in [0, 0.1) is 0 Å². The number of aryl methyl sites for hydroxylation is 2. The van der Waals surface area contributed by atoms with Gasteiger partial charge in [0.15, 0.2) is 0 Å². The molecule has 4 aromatic rings. The summed E-state index contributed by atoms with van der Waals surface area (Å²) in [6.07, 6.45) is 1.94. The third-order valence-electron chi connectivity index (χ3n) is 6.13. The minimum Gasteiger partial charge on any atom is -0.326 e. The first-order chi connectivity index (χ1) is 17.7. The van der Waals surface area contributed by atoms with Crippen LogP contribution in [-0.4, -0.2) is 20.0 Å². The maximum Gasteiger partial charge on any atom is 0.330 e. The van der Waals surface area contributed by atoms with E-state index >= 15 is 0 Å². The van der Waals surface area contributed by atoms with Crippen LogP contribution in [0.5, 0.6) is 0 Å². The normalized spacial score (nSPS) is 11.0. The molecule has 0 saturated carbocycles. The van der Waals surface area contributed by atoms with Gasteiger partial charge in [-0.2, -0.15) is 0 Å². The number of pyridine rings is 1. The predicted octanol–water partition coefficient (Wildman–Crippen LogP) is 4.39. The topological polar surface area (TPSA) is 112 Å². The molecular formula is C27H25Cl2N5O3. The number of carbonyl (C=O) groups excluding carboxylic acids is 1. The molecule has 2 aromatic heterocycles. The Morgan fingerprint density at radius 1 is 0.973 bits per heavy atom. The summed E-state index contributed by atoms with van der Waals surface area (Å²) in [5.41, 5.74) is 9.28. The summed E-state index contributed by atoms with van der Waals surface area (Å²) in [4.78, 5) is 42.1. The van der Waals surface area contributed by atoms with Crippen molar-refractivity contribution in [3.05, 3.63) is 102 Å². The Morgan fingerprint density at radius 3 is 2.30 bits per heavy atom. The number of nitrogens with one attached hydrogen (secondary N) is 1. The van der Waals surface area contributed by atoms with Crippen LogP contribution in [0.3, 0.4) is 0 Å². The molecule has 0 fully saturated rings. The highest BCUT2D eigenvalue weighted by atomic mass is 35.5. The van der Waals surface area contributed by atoms with Gasteiger partial charge in [-0.3, -0.25) is 19.1 Å². The Labute approximate surface area is 223 Å². The lowest BCUT2D eigenvalue weighted by Crippen LogP contribution is -2.40. The zero-order valence-electron chi connectivity index (χ0n) is 20.5. The van der Waals surface area contributed by atoms with Gasteiger partial charge in [-0.1, -0.05) is 66.5 Å². The molecule has 0 aliphatic rings. The number of nitrogens with two attached hydrogens (primary N) is 1. The highest BCUT2D eigenvalue weighted by Crippen LogP contribution is 2.41. The van der Waals surface area contributed by atoms with Crippen LogP contribution in [0.15, 0.2) is 64.3 Å². The van der Waals surface area contributed by atoms with Crippen molar-refractivity contribution in [2.24, 2.45) is 19.8 Å². The number of aromatic nitrogens is 3. The van der Waals surface area contributed by atoms with Crippen LogP contribution in [0.25, 0.3) is 22.4 Å². The lowest BCUT2D eigenvalue weighted by atomic mass is 9.99. The average Bonchev–Trinajstić information content (AvgIpc) is 2.90. The van der Waals surface area contributed by atoms with E-state index in [4.69, 9.17) is 33.9 Å². The maximum absolute atomic E-state index is 12.9. The molecule has 2 aromatic carbocycles. The standard InChI is InChI=1S/C27H25Cl2N5O3/c1-4-20-15(13-30)11-12-21(31-20)18-9-5-7-16(23(18)28)17-8-6-10-22(24(17)29)32-25(35)19-14-33(2)27(37)34(3)26(19)36/h5-12,14H,4,13,30H2,1-3H3,(H,32,35). The zero-order valence-corrected chi connectivity index (χ0v) is 22.0. The summed E-state index contributed by atoms with van der Waals surface area (Å²) < 4.78 is 2.04. The molecule has 3 N–H and O–H groups in total. The number of halogens is 2. The fourth-order valence-electron chi connectivity index (χ4n) is 4.10. The number of benzene rings is 2. The molecule has 0 aliphatic heterocycles. The molecule has 4 rings (SSSR count). The van der Waals surface area contributed by atoms with Crippen LogP contribution in [-0.2, 0) is 27.1 Å². The van der Waals surface area contributed by atoms with Gasteiger partial charge in [-0.15, -0.1) is 0 Å². The summed E-state index contributed by atoms with van der Waals surface area (Å²) in [6, 6.07) is 14.5. The Hall–Kier alpha value is -3.72. The van der Waals surface area contributed by atoms with Crippen LogP contribution in [0.1, 0.15) is 28.5 Å². The molecular weight excluding hydrogens is 513 g/mol. The van der Waals surface area contributed by atoms with Crippen LogP contribution >= 0.6 is 23.2 Å². The van der Waals surface area contributed by atoms with Crippen molar-refractivity contribution in [1.82, 2.24) is 14.1 Å². The smallest absolute Gasteiger partial charge is 0.326 e. The molecule has 1 amide bonds. The predicted molar refractivity (Wildman–Crippen MR) is 147 cm³/mol. The fourth-order valence-corrected chi connectivity index (χ4v) is 4.70. The Balaban J connectivity index is 1.74. The van der Waals surface area contributed by atoms with E-state index in [1.165, 1.54) is 20.3 Å². The number of rotatable bonds is 6. The summed E-state index contributed by atoms with van der Waals surface area (Å²) in [5, 5.41) is 3.38. The highest BCUT2D eigenvalue weighted by molar-refractivity contribution is 6.39. The highest BCUT2D eigenvalue weighted by Gasteiger charge is 2.19. The lowest BCUT2D eigenvalue weighted by molar-refractivity contribution is 0.102. The second kappa shape index (κ2) is 10.7. The van der Waals surface area contributed by atoms with Gasteiger partial charge in [0.1, 0.15) is 5.56 Å². The molecule has 0 atom stereocenters. The maximum atomic E-state index is 12.9. The molecule has 0 aliphatic carbocycles. The third kappa shape index (κ3) is 4.96. The molecule has 8 nitrogen and oxygen atoms in total. The lowest BCUT2D eigenvalue weighted by Gasteiger charge is -2.15. The van der Waals surface area contributed by atoms with E-state index in [2.05, 4.69) is 5.32 Å². The van der Waals surface area contributed by atoms with Crippen LogP contribution < -0.4 is 22.3 Å². The number of anilines is 1. The van der Waals surface area contributed by atoms with Crippen molar-refractivity contribution in [3.8, 4) is 22.4 Å². The second-order valence-electron chi connectivity index (χ2n) is 8.45. The van der Waals surface area contributed by atoms with E-state index in [0.29, 0.717) is 34.1 Å². The monoisotopic (exact) mass is 537 g/mol. The summed E-state index contributed by atoms with van der Waals surface area (Å²) in [7, 11) is 2.77. The number of amides is 1. The summed E-state index contributed by atoms with van der Waals surface area (Å²) >= 11 is 13.6. The van der Waals surface area contributed by atoms with Crippen molar-refractivity contribution in [2.45, 2.75) is 19.9 Å². The Bertz CT molecular complexity index is 1640. The summed E-state index contributed by atoms with van der Waals surface area (Å²) in [5.74, 6) is -0.689. The average molecular weight is 538 g/mol. The van der Waals surface area contributed by atoms with Gasteiger partial charge in [0.05, 0.1) is 21.4 Å². The zero-order chi connectivity index (χ0) is 26.9. The Kier molecular flexibility index (Phi) is 7.63. The number of nitrogens with zero attached hydrogens (tertiary/aromatic N) is 3. The third-order valence-corrected chi connectivity index (χ3v) is 6.94. The van der Waals surface area contributed by atoms with Crippen LogP contribution in [0.4, 0.5) is 5.69 Å². The van der Waals surface area contributed by atoms with Crippen LogP contribution in [0.2, 0.25) is 10.0 Å². The molecule has 0 radical (unpaired) electrons. The number of carbonyl (C=O) groups is 1. The van der Waals surface area contributed by atoms with E-state index in [0.717, 1.165) is 32.4 Å². The second-order valence-corrected chi connectivity index (χ2v) is 9.20. The first-order valence-corrected chi connectivity index (χ1v) is 12.3. The van der Waals surface area contributed by atoms with Crippen molar-refractivity contribution < 1.29 is 4.79 Å². The van der Waals surface area contributed by atoms with E-state index in [1.807, 2.05) is 37.3 Å². The molecule has 0 bridgehead atoms. The van der Waals surface area contributed by atoms with Gasteiger partial charge in [-0.25, -0.2) is 4.79 Å². The molecule has 10 heteroatoms. The van der Waals surface area contributed by atoms with Gasteiger partial charge in [0.25, 0.3) is 11.5 Å². The fraction of sp³-hybridized carbons (Fsp3) is 0.185. The molecule has 0 unspecified atom stereocenters. The van der Waals surface area contributed by atoms with Gasteiger partial charge in [0.2, 0.25) is 0 Å². The Morgan fingerprint density at radius 2 is 1.62 bits per heavy atom. The van der Waals surface area contributed by atoms with Gasteiger partial charge < -0.3 is 15.6 Å². The van der Waals surface area contributed by atoms with Gasteiger partial charge in [0, 0.05) is 49.2 Å². The van der Waals surface area contributed by atoms with E-state index in [9.17, 15) is 14.4 Å². The quantitative estimate of drug-likeness (QED) is 0.378. The van der Waals surface area contributed by atoms with Gasteiger partial charge >= 0.3 is 5.69 Å². The van der Waals surface area contributed by atoms with Gasteiger partial charge in [-0.05, 0) is 24.1 Å². The number of hydrogen-bond donors (Lipinski definition) is 2. The van der Waals surface area contributed by atoms with Crippen molar-refractivity contribution >= 4 is 34.8 Å². The molecule has 190 valence electrons.